The first kappa shape index (κ1) is 12.9. The van der Waals surface area contributed by atoms with Crippen molar-refractivity contribution in [2.75, 3.05) is 20.6 Å². The average Bonchev–Trinajstić information content (AvgIpc) is 2.28. The molecule has 0 saturated carbocycles. The summed E-state index contributed by atoms with van der Waals surface area (Å²) in [6.07, 6.45) is 3.37. The van der Waals surface area contributed by atoms with Crippen LogP contribution in [-0.2, 0) is 11.2 Å². The van der Waals surface area contributed by atoms with E-state index >= 15 is 0 Å². The third-order valence-corrected chi connectivity index (χ3v) is 2.60. The van der Waals surface area contributed by atoms with E-state index in [9.17, 15) is 4.79 Å². The number of hydrogen-bond acceptors (Lipinski definition) is 2. The molecule has 0 saturated heterocycles. The zero-order valence-corrected chi connectivity index (χ0v) is 10.3. The summed E-state index contributed by atoms with van der Waals surface area (Å²) in [5.41, 5.74) is 1.32. The van der Waals surface area contributed by atoms with Gasteiger partial charge >= 0.3 is 0 Å². The number of aryl methyl sites for hydroxylation is 1. The first-order valence-electron chi connectivity index (χ1n) is 5.89. The predicted octanol–water partition coefficient (Wildman–Crippen LogP) is 2.53. The molecule has 2 nitrogen and oxygen atoms in total. The number of Topliss-reactive ketones (excluding diaryl/α,β-unsaturated/α-hetero) is 1. The van der Waals surface area contributed by atoms with E-state index in [0.717, 1.165) is 19.4 Å². The topological polar surface area (TPSA) is 20.3 Å². The molecule has 1 aromatic rings. The summed E-state index contributed by atoms with van der Waals surface area (Å²) in [5, 5.41) is 0. The van der Waals surface area contributed by atoms with E-state index in [1.54, 1.807) is 0 Å². The molecule has 0 amide bonds. The highest BCUT2D eigenvalue weighted by Crippen LogP contribution is 2.05. The zero-order valence-electron chi connectivity index (χ0n) is 10.3. The molecule has 0 aliphatic rings. The van der Waals surface area contributed by atoms with Gasteiger partial charge in [0.1, 0.15) is 5.78 Å². The minimum atomic E-state index is 0.379. The van der Waals surface area contributed by atoms with E-state index in [1.807, 2.05) is 32.3 Å². The van der Waals surface area contributed by atoms with Crippen LogP contribution in [0.5, 0.6) is 0 Å². The van der Waals surface area contributed by atoms with Gasteiger partial charge in [0.15, 0.2) is 0 Å². The second-order valence-electron chi connectivity index (χ2n) is 4.43. The standard InChI is InChI=1S/C14H21NO/c1-15(2)12-11-14(16)10-6-9-13-7-4-3-5-8-13/h3-5,7-8H,6,9-12H2,1-2H3. The van der Waals surface area contributed by atoms with E-state index in [4.69, 9.17) is 0 Å². The molecule has 0 atom stereocenters. The van der Waals surface area contributed by atoms with Gasteiger partial charge in [0.2, 0.25) is 0 Å². The van der Waals surface area contributed by atoms with E-state index < -0.39 is 0 Å². The Labute approximate surface area is 98.3 Å². The number of rotatable bonds is 7. The Morgan fingerprint density at radius 1 is 1.12 bits per heavy atom. The number of benzene rings is 1. The molecule has 0 spiro atoms. The highest BCUT2D eigenvalue weighted by atomic mass is 16.1. The van der Waals surface area contributed by atoms with Gasteiger partial charge in [-0.2, -0.15) is 0 Å². The van der Waals surface area contributed by atoms with Gasteiger partial charge in [0, 0.05) is 19.4 Å². The Balaban J connectivity index is 2.13. The highest BCUT2D eigenvalue weighted by Gasteiger charge is 2.02. The van der Waals surface area contributed by atoms with E-state index in [-0.39, 0.29) is 0 Å². The molecule has 0 aromatic heterocycles. The normalized spacial score (nSPS) is 10.7. The summed E-state index contributed by atoms with van der Waals surface area (Å²) in [5.74, 6) is 0.379. The lowest BCUT2D eigenvalue weighted by atomic mass is 10.1. The van der Waals surface area contributed by atoms with Crippen molar-refractivity contribution >= 4 is 5.78 Å². The monoisotopic (exact) mass is 219 g/mol. The zero-order chi connectivity index (χ0) is 11.8. The van der Waals surface area contributed by atoms with Crippen LogP contribution in [0.3, 0.4) is 0 Å². The molecule has 88 valence electrons. The van der Waals surface area contributed by atoms with Crippen molar-refractivity contribution in [3.05, 3.63) is 35.9 Å². The van der Waals surface area contributed by atoms with Gasteiger partial charge in [0.05, 0.1) is 0 Å². The fourth-order valence-corrected chi connectivity index (χ4v) is 1.61. The van der Waals surface area contributed by atoms with Crippen LogP contribution >= 0.6 is 0 Å². The Bertz CT molecular complexity index is 306. The Morgan fingerprint density at radius 2 is 1.81 bits per heavy atom. The average molecular weight is 219 g/mol. The quantitative estimate of drug-likeness (QED) is 0.702. The van der Waals surface area contributed by atoms with Gasteiger partial charge in [-0.25, -0.2) is 0 Å². The van der Waals surface area contributed by atoms with Gasteiger partial charge in [0.25, 0.3) is 0 Å². The van der Waals surface area contributed by atoms with E-state index in [1.165, 1.54) is 5.56 Å². The summed E-state index contributed by atoms with van der Waals surface area (Å²) in [6, 6.07) is 10.3. The summed E-state index contributed by atoms with van der Waals surface area (Å²) < 4.78 is 0. The van der Waals surface area contributed by atoms with Crippen molar-refractivity contribution in [1.29, 1.82) is 0 Å². The van der Waals surface area contributed by atoms with Crippen LogP contribution in [-0.4, -0.2) is 31.3 Å². The number of carbonyl (C=O) groups is 1. The van der Waals surface area contributed by atoms with Crippen molar-refractivity contribution in [2.24, 2.45) is 0 Å². The van der Waals surface area contributed by atoms with Gasteiger partial charge in [-0.1, -0.05) is 30.3 Å². The number of hydrogen-bond donors (Lipinski definition) is 0. The van der Waals surface area contributed by atoms with Crippen molar-refractivity contribution < 1.29 is 4.79 Å². The maximum Gasteiger partial charge on any atom is 0.134 e. The van der Waals surface area contributed by atoms with Crippen molar-refractivity contribution in [3.8, 4) is 0 Å². The van der Waals surface area contributed by atoms with Crippen LogP contribution in [0.2, 0.25) is 0 Å². The van der Waals surface area contributed by atoms with Crippen LogP contribution in [0.15, 0.2) is 30.3 Å². The lowest BCUT2D eigenvalue weighted by Crippen LogP contribution is -2.16. The van der Waals surface area contributed by atoms with Gasteiger partial charge in [-0.3, -0.25) is 4.79 Å². The first-order valence-corrected chi connectivity index (χ1v) is 5.89. The Morgan fingerprint density at radius 3 is 2.44 bits per heavy atom. The van der Waals surface area contributed by atoms with Crippen LogP contribution in [0.1, 0.15) is 24.8 Å². The van der Waals surface area contributed by atoms with E-state index in [2.05, 4.69) is 17.0 Å². The molecule has 0 bridgehead atoms. The molecule has 2 heteroatoms. The summed E-state index contributed by atoms with van der Waals surface area (Å²) in [7, 11) is 3.99. The Hall–Kier alpha value is -1.15. The highest BCUT2D eigenvalue weighted by molar-refractivity contribution is 5.78. The van der Waals surface area contributed by atoms with Crippen molar-refractivity contribution in [3.63, 3.8) is 0 Å². The smallest absolute Gasteiger partial charge is 0.134 e. The molecule has 0 aliphatic carbocycles. The molecule has 0 aliphatic heterocycles. The molecule has 0 fully saturated rings. The SMILES string of the molecule is CN(C)CCC(=O)CCCc1ccccc1. The number of ketones is 1. The van der Waals surface area contributed by atoms with Crippen LogP contribution < -0.4 is 0 Å². The molecule has 0 N–H and O–H groups in total. The van der Waals surface area contributed by atoms with Crippen LogP contribution in [0.4, 0.5) is 0 Å². The van der Waals surface area contributed by atoms with Crippen molar-refractivity contribution in [1.82, 2.24) is 4.90 Å². The minimum absolute atomic E-state index is 0.379. The van der Waals surface area contributed by atoms with Gasteiger partial charge < -0.3 is 4.90 Å². The van der Waals surface area contributed by atoms with Crippen LogP contribution in [0.25, 0.3) is 0 Å². The molecule has 16 heavy (non-hydrogen) atoms. The maximum absolute atomic E-state index is 11.5. The predicted molar refractivity (Wildman–Crippen MR) is 67.6 cm³/mol. The second-order valence-corrected chi connectivity index (χ2v) is 4.43. The lowest BCUT2D eigenvalue weighted by molar-refractivity contribution is -0.119. The fourth-order valence-electron chi connectivity index (χ4n) is 1.61. The molecule has 0 radical (unpaired) electrons. The fraction of sp³-hybridized carbons (Fsp3) is 0.500. The molecule has 0 heterocycles. The second kappa shape index (κ2) is 7.18. The molecular weight excluding hydrogens is 198 g/mol. The lowest BCUT2D eigenvalue weighted by Gasteiger charge is -2.08. The van der Waals surface area contributed by atoms with Crippen molar-refractivity contribution in [2.45, 2.75) is 25.7 Å². The number of nitrogens with zero attached hydrogens (tertiary/aromatic N) is 1. The molecule has 1 rings (SSSR count). The first-order chi connectivity index (χ1) is 7.68. The molecule has 1 aromatic carbocycles. The summed E-state index contributed by atoms with van der Waals surface area (Å²) >= 11 is 0. The maximum atomic E-state index is 11.5. The van der Waals surface area contributed by atoms with Crippen LogP contribution in [0, 0.1) is 0 Å². The van der Waals surface area contributed by atoms with E-state index in [0.29, 0.717) is 18.6 Å². The van der Waals surface area contributed by atoms with Gasteiger partial charge in [-0.15, -0.1) is 0 Å². The third-order valence-electron chi connectivity index (χ3n) is 2.60. The minimum Gasteiger partial charge on any atom is -0.309 e. The number of carbonyl (C=O) groups excluding carboxylic acids is 1. The van der Waals surface area contributed by atoms with Gasteiger partial charge in [-0.05, 0) is 32.5 Å². The molecule has 0 unspecified atom stereocenters. The summed E-state index contributed by atoms with van der Waals surface area (Å²) in [6.45, 7) is 0.865. The summed E-state index contributed by atoms with van der Waals surface area (Å²) in [4.78, 5) is 13.6. The Kier molecular flexibility index (Phi) is 5.79. The largest absolute Gasteiger partial charge is 0.309 e. The molecular formula is C14H21NO. The third kappa shape index (κ3) is 5.66.